The average Bonchev–Trinajstić information content (AvgIpc) is 2.82. The van der Waals surface area contributed by atoms with Gasteiger partial charge in [-0.05, 0) is 56.0 Å². The quantitative estimate of drug-likeness (QED) is 0.476. The highest BCUT2D eigenvalue weighted by atomic mass is 16.5. The van der Waals surface area contributed by atoms with Gasteiger partial charge in [0.1, 0.15) is 11.8 Å². The molecule has 0 fully saturated rings. The Bertz CT molecular complexity index is 1110. The van der Waals surface area contributed by atoms with Gasteiger partial charge >= 0.3 is 0 Å². The van der Waals surface area contributed by atoms with E-state index in [4.69, 9.17) is 4.74 Å². The van der Waals surface area contributed by atoms with Crippen molar-refractivity contribution in [3.05, 3.63) is 101 Å². The minimum absolute atomic E-state index is 0.138. The first-order chi connectivity index (χ1) is 16.4. The molecule has 0 saturated heterocycles. The largest absolute Gasteiger partial charge is 0.483 e. The highest BCUT2D eigenvalue weighted by Crippen LogP contribution is 2.20. The average molecular weight is 459 g/mol. The lowest BCUT2D eigenvalue weighted by Gasteiger charge is -2.31. The third-order valence-electron chi connectivity index (χ3n) is 5.75. The summed E-state index contributed by atoms with van der Waals surface area (Å²) in [5.41, 5.74) is 5.11. The summed E-state index contributed by atoms with van der Waals surface area (Å²) < 4.78 is 5.94. The maximum atomic E-state index is 13.6. The van der Waals surface area contributed by atoms with Crippen molar-refractivity contribution < 1.29 is 14.3 Å². The summed E-state index contributed by atoms with van der Waals surface area (Å²) >= 11 is 0. The smallest absolute Gasteiger partial charge is 0.261 e. The zero-order chi connectivity index (χ0) is 24.5. The summed E-state index contributed by atoms with van der Waals surface area (Å²) in [7, 11) is 0. The van der Waals surface area contributed by atoms with E-state index in [-0.39, 0.29) is 18.4 Å². The molecule has 0 radical (unpaired) electrons. The number of benzene rings is 3. The second-order valence-electron chi connectivity index (χ2n) is 8.67. The molecule has 34 heavy (non-hydrogen) atoms. The van der Waals surface area contributed by atoms with E-state index in [1.807, 2.05) is 100 Å². The zero-order valence-corrected chi connectivity index (χ0v) is 20.5. The SMILES string of the molecule is CCNC(=O)C(Cc1ccccc1)N(Cc1cccc(C)c1)C(=O)COc1cc(C)ccc1C. The first-order valence-electron chi connectivity index (χ1n) is 11.7. The number of nitrogens with one attached hydrogen (secondary N) is 1. The molecule has 0 aliphatic rings. The van der Waals surface area contributed by atoms with Crippen molar-refractivity contribution in [1.29, 1.82) is 0 Å². The molecule has 5 nitrogen and oxygen atoms in total. The molecule has 2 amide bonds. The Balaban J connectivity index is 1.91. The second kappa shape index (κ2) is 12.0. The summed E-state index contributed by atoms with van der Waals surface area (Å²) in [6.07, 6.45) is 0.424. The highest BCUT2D eigenvalue weighted by molar-refractivity contribution is 5.88. The van der Waals surface area contributed by atoms with E-state index in [0.717, 1.165) is 27.8 Å². The molecule has 1 atom stereocenters. The van der Waals surface area contributed by atoms with Crippen LogP contribution in [0.5, 0.6) is 5.75 Å². The standard InChI is InChI=1S/C29H34N2O3/c1-5-30-29(33)26(18-24-11-7-6-8-12-24)31(19-25-13-9-10-21(2)16-25)28(32)20-34-27-17-22(3)14-15-23(27)4/h6-17,26H,5,18-20H2,1-4H3,(H,30,33). The lowest BCUT2D eigenvalue weighted by Crippen LogP contribution is -2.51. The Hall–Kier alpha value is -3.60. The van der Waals surface area contributed by atoms with Gasteiger partial charge in [-0.25, -0.2) is 0 Å². The predicted molar refractivity (Wildman–Crippen MR) is 136 cm³/mol. The number of nitrogens with zero attached hydrogens (tertiary/aromatic N) is 1. The van der Waals surface area contributed by atoms with Crippen LogP contribution < -0.4 is 10.1 Å². The summed E-state index contributed by atoms with van der Waals surface area (Å²) in [6, 6.07) is 23.1. The van der Waals surface area contributed by atoms with Crippen molar-refractivity contribution in [2.75, 3.05) is 13.2 Å². The number of carbonyl (C=O) groups is 2. The molecular formula is C29H34N2O3. The van der Waals surface area contributed by atoms with E-state index in [2.05, 4.69) is 5.32 Å². The van der Waals surface area contributed by atoms with Crippen LogP contribution in [-0.4, -0.2) is 35.9 Å². The normalized spacial score (nSPS) is 11.5. The van der Waals surface area contributed by atoms with Crippen LogP contribution in [0, 0.1) is 20.8 Å². The fourth-order valence-electron chi connectivity index (χ4n) is 3.94. The van der Waals surface area contributed by atoms with Crippen LogP contribution in [0.3, 0.4) is 0 Å². The Labute approximate surface area is 202 Å². The van der Waals surface area contributed by atoms with Gasteiger partial charge in [0.2, 0.25) is 5.91 Å². The van der Waals surface area contributed by atoms with Gasteiger partial charge in [0, 0.05) is 19.5 Å². The Morgan fingerprint density at radius 2 is 1.59 bits per heavy atom. The van der Waals surface area contributed by atoms with Crippen LogP contribution in [0.4, 0.5) is 0 Å². The summed E-state index contributed by atoms with van der Waals surface area (Å²) in [5.74, 6) is 0.287. The van der Waals surface area contributed by atoms with Gasteiger partial charge in [-0.3, -0.25) is 9.59 Å². The molecule has 0 bridgehead atoms. The predicted octanol–water partition coefficient (Wildman–Crippen LogP) is 4.77. The van der Waals surface area contributed by atoms with Crippen LogP contribution in [0.1, 0.15) is 34.7 Å². The van der Waals surface area contributed by atoms with E-state index >= 15 is 0 Å². The number of carbonyl (C=O) groups excluding carboxylic acids is 2. The summed E-state index contributed by atoms with van der Waals surface area (Å²) in [5, 5.41) is 2.92. The third-order valence-corrected chi connectivity index (χ3v) is 5.75. The maximum Gasteiger partial charge on any atom is 0.261 e. The number of likely N-dealkylation sites (N-methyl/N-ethyl adjacent to an activating group) is 1. The van der Waals surface area contributed by atoms with Crippen molar-refractivity contribution in [2.24, 2.45) is 0 Å². The van der Waals surface area contributed by atoms with Crippen LogP contribution in [0.15, 0.2) is 72.8 Å². The molecule has 1 N–H and O–H groups in total. The van der Waals surface area contributed by atoms with Gasteiger partial charge in [0.05, 0.1) is 0 Å². The topological polar surface area (TPSA) is 58.6 Å². The Morgan fingerprint density at radius 1 is 0.882 bits per heavy atom. The van der Waals surface area contributed by atoms with E-state index in [0.29, 0.717) is 25.3 Å². The molecule has 3 aromatic carbocycles. The number of ether oxygens (including phenoxy) is 1. The Kier molecular flexibility index (Phi) is 8.86. The van der Waals surface area contributed by atoms with E-state index in [1.165, 1.54) is 0 Å². The number of hydrogen-bond donors (Lipinski definition) is 1. The molecule has 5 heteroatoms. The molecule has 0 heterocycles. The molecule has 0 aliphatic heterocycles. The molecule has 178 valence electrons. The number of aryl methyl sites for hydroxylation is 3. The van der Waals surface area contributed by atoms with Gasteiger partial charge in [-0.1, -0.05) is 72.3 Å². The molecule has 3 rings (SSSR count). The molecule has 1 unspecified atom stereocenters. The van der Waals surface area contributed by atoms with Gasteiger partial charge in [-0.15, -0.1) is 0 Å². The van der Waals surface area contributed by atoms with Crippen molar-refractivity contribution in [3.63, 3.8) is 0 Å². The van der Waals surface area contributed by atoms with Crippen molar-refractivity contribution in [1.82, 2.24) is 10.2 Å². The Morgan fingerprint density at radius 3 is 2.29 bits per heavy atom. The number of hydrogen-bond acceptors (Lipinski definition) is 3. The molecule has 0 saturated carbocycles. The van der Waals surface area contributed by atoms with Crippen LogP contribution in [0.2, 0.25) is 0 Å². The van der Waals surface area contributed by atoms with Crippen molar-refractivity contribution >= 4 is 11.8 Å². The van der Waals surface area contributed by atoms with Gasteiger partial charge in [-0.2, -0.15) is 0 Å². The lowest BCUT2D eigenvalue weighted by atomic mass is 10.0. The summed E-state index contributed by atoms with van der Waals surface area (Å²) in [6.45, 7) is 8.53. The minimum Gasteiger partial charge on any atom is -0.483 e. The fourth-order valence-corrected chi connectivity index (χ4v) is 3.94. The second-order valence-corrected chi connectivity index (χ2v) is 8.67. The third kappa shape index (κ3) is 6.95. The van der Waals surface area contributed by atoms with E-state index in [9.17, 15) is 9.59 Å². The molecule has 0 spiro atoms. The monoisotopic (exact) mass is 458 g/mol. The van der Waals surface area contributed by atoms with E-state index < -0.39 is 6.04 Å². The number of rotatable bonds is 10. The van der Waals surface area contributed by atoms with Crippen LogP contribution in [0.25, 0.3) is 0 Å². The van der Waals surface area contributed by atoms with Gasteiger partial charge in [0.15, 0.2) is 6.61 Å². The molecule has 0 aromatic heterocycles. The molecule has 0 aliphatic carbocycles. The van der Waals surface area contributed by atoms with Crippen LogP contribution in [-0.2, 0) is 22.6 Å². The minimum atomic E-state index is -0.655. The summed E-state index contributed by atoms with van der Waals surface area (Å²) in [4.78, 5) is 28.4. The van der Waals surface area contributed by atoms with Gasteiger partial charge < -0.3 is 15.0 Å². The lowest BCUT2D eigenvalue weighted by molar-refractivity contribution is -0.142. The molecular weight excluding hydrogens is 424 g/mol. The van der Waals surface area contributed by atoms with E-state index in [1.54, 1.807) is 4.90 Å². The van der Waals surface area contributed by atoms with Crippen molar-refractivity contribution in [2.45, 2.75) is 46.7 Å². The van der Waals surface area contributed by atoms with Gasteiger partial charge in [0.25, 0.3) is 5.91 Å². The fraction of sp³-hybridized carbons (Fsp3) is 0.310. The maximum absolute atomic E-state index is 13.6. The highest BCUT2D eigenvalue weighted by Gasteiger charge is 2.30. The van der Waals surface area contributed by atoms with Crippen molar-refractivity contribution in [3.8, 4) is 5.75 Å². The number of amides is 2. The molecule has 3 aromatic rings. The zero-order valence-electron chi connectivity index (χ0n) is 20.5. The van der Waals surface area contributed by atoms with Crippen LogP contribution >= 0.6 is 0 Å². The first kappa shape index (κ1) is 25.0. The first-order valence-corrected chi connectivity index (χ1v) is 11.7.